The van der Waals surface area contributed by atoms with Crippen LogP contribution in [0, 0.1) is 0 Å². The van der Waals surface area contributed by atoms with E-state index in [0.29, 0.717) is 10.6 Å². The summed E-state index contributed by atoms with van der Waals surface area (Å²) in [6, 6.07) is 5.63. The fraction of sp³-hybridized carbons (Fsp3) is 0.533. The van der Waals surface area contributed by atoms with E-state index in [9.17, 15) is 4.79 Å². The summed E-state index contributed by atoms with van der Waals surface area (Å²) in [4.78, 5) is 14.5. The highest BCUT2D eigenvalue weighted by Gasteiger charge is 2.20. The van der Waals surface area contributed by atoms with Gasteiger partial charge in [-0.3, -0.25) is 4.79 Å². The van der Waals surface area contributed by atoms with Crippen LogP contribution in [0.15, 0.2) is 22.7 Å². The van der Waals surface area contributed by atoms with Crippen molar-refractivity contribution < 1.29 is 4.79 Å². The van der Waals surface area contributed by atoms with Crippen molar-refractivity contribution in [2.45, 2.75) is 46.1 Å². The minimum absolute atomic E-state index is 0.0669. The molecule has 0 aliphatic carbocycles. The van der Waals surface area contributed by atoms with Gasteiger partial charge in [-0.15, -0.1) is 0 Å². The fourth-order valence-corrected chi connectivity index (χ4v) is 2.29. The van der Waals surface area contributed by atoms with Crippen molar-refractivity contribution in [1.29, 1.82) is 0 Å². The average molecular weight is 347 g/mol. The minimum atomic E-state index is 0.0669. The molecule has 1 amide bonds. The molecule has 0 heterocycles. The van der Waals surface area contributed by atoms with Gasteiger partial charge < -0.3 is 4.90 Å². The molecule has 0 aliphatic heterocycles. The Morgan fingerprint density at radius 1 is 1.42 bits per heavy atom. The van der Waals surface area contributed by atoms with E-state index < -0.39 is 0 Å². The number of unbranched alkanes of at least 4 members (excludes halogenated alkanes) is 1. The predicted molar refractivity (Wildman–Crippen MR) is 84.8 cm³/mol. The van der Waals surface area contributed by atoms with Crippen molar-refractivity contribution in [3.63, 3.8) is 0 Å². The minimum Gasteiger partial charge on any atom is -0.336 e. The Labute approximate surface area is 129 Å². The molecule has 2 nitrogen and oxygen atoms in total. The van der Waals surface area contributed by atoms with Crippen molar-refractivity contribution in [3.8, 4) is 0 Å². The van der Waals surface area contributed by atoms with Crippen LogP contribution in [0.25, 0.3) is 0 Å². The normalized spacial score (nSPS) is 12.3. The molecule has 0 bridgehead atoms. The lowest BCUT2D eigenvalue weighted by Crippen LogP contribution is -2.39. The first-order valence-electron chi connectivity index (χ1n) is 6.77. The van der Waals surface area contributed by atoms with E-state index in [1.165, 1.54) is 0 Å². The molecule has 1 aromatic rings. The molecule has 1 aromatic carbocycles. The fourth-order valence-electron chi connectivity index (χ4n) is 1.87. The molecule has 1 unspecified atom stereocenters. The van der Waals surface area contributed by atoms with Crippen molar-refractivity contribution in [1.82, 2.24) is 4.90 Å². The number of carbonyl (C=O) groups is 1. The number of amides is 1. The van der Waals surface area contributed by atoms with Crippen LogP contribution in [0.2, 0.25) is 5.02 Å². The van der Waals surface area contributed by atoms with Crippen LogP contribution in [0.5, 0.6) is 0 Å². The van der Waals surface area contributed by atoms with E-state index in [1.54, 1.807) is 6.07 Å². The second-order valence-corrected chi connectivity index (χ2v) is 6.00. The largest absolute Gasteiger partial charge is 0.336 e. The van der Waals surface area contributed by atoms with Gasteiger partial charge in [-0.05, 0) is 53.9 Å². The van der Waals surface area contributed by atoms with Gasteiger partial charge in [0.15, 0.2) is 0 Å². The van der Waals surface area contributed by atoms with Crippen LogP contribution in [-0.4, -0.2) is 23.4 Å². The summed E-state index contributed by atoms with van der Waals surface area (Å²) in [6.45, 7) is 7.13. The number of hydrogen-bond donors (Lipinski definition) is 0. The van der Waals surface area contributed by atoms with E-state index in [2.05, 4.69) is 36.7 Å². The van der Waals surface area contributed by atoms with Crippen LogP contribution in [0.1, 0.15) is 50.4 Å². The molecule has 1 rings (SSSR count). The predicted octanol–water partition coefficient (Wildman–Crippen LogP) is 5.14. The average Bonchev–Trinajstić information content (AvgIpc) is 2.41. The summed E-state index contributed by atoms with van der Waals surface area (Å²) in [6.07, 6.45) is 3.07. The lowest BCUT2D eigenvalue weighted by molar-refractivity contribution is 0.0685. The zero-order chi connectivity index (χ0) is 14.4. The molecule has 106 valence electrons. The van der Waals surface area contributed by atoms with Crippen molar-refractivity contribution in [2.75, 3.05) is 6.54 Å². The third-order valence-corrected chi connectivity index (χ3v) is 4.54. The van der Waals surface area contributed by atoms with E-state index in [0.717, 1.165) is 30.3 Å². The van der Waals surface area contributed by atoms with Crippen LogP contribution in [-0.2, 0) is 0 Å². The second-order valence-electron chi connectivity index (χ2n) is 4.74. The highest BCUT2D eigenvalue weighted by atomic mass is 79.9. The van der Waals surface area contributed by atoms with Gasteiger partial charge in [0.05, 0.1) is 5.02 Å². The number of halogens is 2. The van der Waals surface area contributed by atoms with E-state index in [4.69, 9.17) is 11.6 Å². The van der Waals surface area contributed by atoms with Crippen molar-refractivity contribution in [3.05, 3.63) is 33.3 Å². The van der Waals surface area contributed by atoms with Gasteiger partial charge in [0.2, 0.25) is 0 Å². The zero-order valence-electron chi connectivity index (χ0n) is 11.7. The van der Waals surface area contributed by atoms with Gasteiger partial charge in [0, 0.05) is 22.6 Å². The topological polar surface area (TPSA) is 20.3 Å². The quantitative estimate of drug-likeness (QED) is 0.698. The summed E-state index contributed by atoms with van der Waals surface area (Å²) < 4.78 is 0.814. The molecule has 0 radical (unpaired) electrons. The molecule has 0 N–H and O–H groups in total. The molecule has 1 atom stereocenters. The first kappa shape index (κ1) is 16.5. The summed E-state index contributed by atoms with van der Waals surface area (Å²) in [7, 11) is 0. The third kappa shape index (κ3) is 4.50. The maximum Gasteiger partial charge on any atom is 0.254 e. The number of rotatable bonds is 6. The number of carbonyl (C=O) groups excluding carboxylic acids is 1. The van der Waals surface area contributed by atoms with Crippen LogP contribution >= 0.6 is 27.5 Å². The molecule has 0 saturated heterocycles. The highest BCUT2D eigenvalue weighted by Crippen LogP contribution is 2.24. The molecular weight excluding hydrogens is 326 g/mol. The van der Waals surface area contributed by atoms with Gasteiger partial charge in [-0.2, -0.15) is 0 Å². The van der Waals surface area contributed by atoms with E-state index in [-0.39, 0.29) is 11.9 Å². The van der Waals surface area contributed by atoms with Crippen LogP contribution in [0.4, 0.5) is 0 Å². The Morgan fingerprint density at radius 3 is 2.63 bits per heavy atom. The molecule has 19 heavy (non-hydrogen) atoms. The van der Waals surface area contributed by atoms with Gasteiger partial charge in [0.1, 0.15) is 0 Å². The maximum atomic E-state index is 12.6. The molecule has 0 spiro atoms. The highest BCUT2D eigenvalue weighted by molar-refractivity contribution is 9.10. The second kappa shape index (κ2) is 7.91. The molecular formula is C15H21BrClNO. The lowest BCUT2D eigenvalue weighted by Gasteiger charge is -2.28. The Kier molecular flexibility index (Phi) is 6.87. The summed E-state index contributed by atoms with van der Waals surface area (Å²) in [5.41, 5.74) is 0.657. The molecule has 0 fully saturated rings. The maximum absolute atomic E-state index is 12.6. The zero-order valence-corrected chi connectivity index (χ0v) is 14.1. The monoisotopic (exact) mass is 345 g/mol. The summed E-state index contributed by atoms with van der Waals surface area (Å²) >= 11 is 9.41. The standard InChI is InChI=1S/C15H21BrClNO/c1-4-6-9-18(11(3)5-2)15(19)12-7-8-13(16)14(17)10-12/h7-8,10-11H,4-6,9H2,1-3H3. The number of nitrogens with zero attached hydrogens (tertiary/aromatic N) is 1. The molecule has 0 aliphatic rings. The molecule has 0 aromatic heterocycles. The summed E-state index contributed by atoms with van der Waals surface area (Å²) in [5, 5.41) is 0.574. The molecule has 0 saturated carbocycles. The third-order valence-electron chi connectivity index (χ3n) is 3.30. The summed E-state index contributed by atoms with van der Waals surface area (Å²) in [5.74, 6) is 0.0669. The van der Waals surface area contributed by atoms with Gasteiger partial charge >= 0.3 is 0 Å². The molecule has 4 heteroatoms. The number of hydrogen-bond acceptors (Lipinski definition) is 1. The Bertz CT molecular complexity index is 436. The van der Waals surface area contributed by atoms with Crippen LogP contribution < -0.4 is 0 Å². The Hall–Kier alpha value is -0.540. The smallest absolute Gasteiger partial charge is 0.254 e. The number of benzene rings is 1. The SMILES string of the molecule is CCCCN(C(=O)c1ccc(Br)c(Cl)c1)C(C)CC. The first-order valence-corrected chi connectivity index (χ1v) is 7.94. The van der Waals surface area contributed by atoms with Gasteiger partial charge in [-0.25, -0.2) is 0 Å². The lowest BCUT2D eigenvalue weighted by atomic mass is 10.1. The first-order chi connectivity index (χ1) is 9.01. The van der Waals surface area contributed by atoms with Crippen molar-refractivity contribution in [2.24, 2.45) is 0 Å². The van der Waals surface area contributed by atoms with Gasteiger partial charge in [-0.1, -0.05) is 31.9 Å². The van der Waals surface area contributed by atoms with Gasteiger partial charge in [0.25, 0.3) is 5.91 Å². The Morgan fingerprint density at radius 2 is 2.11 bits per heavy atom. The Balaban J connectivity index is 2.94. The van der Waals surface area contributed by atoms with E-state index >= 15 is 0 Å². The van der Waals surface area contributed by atoms with Crippen molar-refractivity contribution >= 4 is 33.4 Å². The van der Waals surface area contributed by atoms with E-state index in [1.807, 2.05) is 17.0 Å². The van der Waals surface area contributed by atoms with Crippen LogP contribution in [0.3, 0.4) is 0 Å².